The van der Waals surface area contributed by atoms with Gasteiger partial charge in [-0.25, -0.2) is 0 Å². The Labute approximate surface area is 132 Å². The van der Waals surface area contributed by atoms with Crippen molar-refractivity contribution in [2.45, 2.75) is 83.5 Å². The average molecular weight is 246 g/mol. The minimum Gasteiger partial charge on any atom is -0.343 e. The molecule has 96 valence electrons. The summed E-state index contributed by atoms with van der Waals surface area (Å²) in [4.78, 5) is 0. The van der Waals surface area contributed by atoms with Crippen molar-refractivity contribution in [3.63, 3.8) is 0 Å². The smallest absolute Gasteiger partial charge is 0.343 e. The van der Waals surface area contributed by atoms with Gasteiger partial charge in [-0.05, 0) is 12.8 Å². The van der Waals surface area contributed by atoms with Gasteiger partial charge < -0.3 is 6.92 Å². The molecule has 0 spiro atoms. The second-order valence-electron chi connectivity index (χ2n) is 4.82. The fourth-order valence-electron chi connectivity index (χ4n) is 2.06. The SMILES string of the molecule is C=CCCCCCCCCCCCCC[CH2-].[Na+]. The summed E-state index contributed by atoms with van der Waals surface area (Å²) in [5.74, 6) is 0. The molecule has 0 nitrogen and oxygen atoms in total. The third-order valence-corrected chi connectivity index (χ3v) is 3.16. The minimum absolute atomic E-state index is 0. The minimum atomic E-state index is 0. The van der Waals surface area contributed by atoms with Crippen molar-refractivity contribution in [2.75, 3.05) is 0 Å². The van der Waals surface area contributed by atoms with Crippen molar-refractivity contribution in [1.82, 2.24) is 0 Å². The summed E-state index contributed by atoms with van der Waals surface area (Å²) in [7, 11) is 0. The molecule has 0 heterocycles. The maximum Gasteiger partial charge on any atom is 1.00 e. The van der Waals surface area contributed by atoms with Crippen molar-refractivity contribution in [2.24, 2.45) is 0 Å². The van der Waals surface area contributed by atoms with E-state index < -0.39 is 0 Å². The molecule has 0 saturated heterocycles. The fraction of sp³-hybridized carbons (Fsp3) is 0.812. The first kappa shape index (κ1) is 20.1. The van der Waals surface area contributed by atoms with Crippen molar-refractivity contribution in [3.05, 3.63) is 19.6 Å². The maximum atomic E-state index is 3.87. The van der Waals surface area contributed by atoms with Crippen LogP contribution in [0.2, 0.25) is 0 Å². The van der Waals surface area contributed by atoms with E-state index in [9.17, 15) is 0 Å². The number of allylic oxidation sites excluding steroid dienone is 1. The third-order valence-electron chi connectivity index (χ3n) is 3.16. The van der Waals surface area contributed by atoms with Gasteiger partial charge in [0.15, 0.2) is 0 Å². The van der Waals surface area contributed by atoms with Crippen LogP contribution in [-0.4, -0.2) is 0 Å². The molecule has 0 aromatic rings. The number of rotatable bonds is 13. The Morgan fingerprint density at radius 2 is 1.00 bits per heavy atom. The van der Waals surface area contributed by atoms with E-state index >= 15 is 0 Å². The molecule has 0 unspecified atom stereocenters. The second-order valence-corrected chi connectivity index (χ2v) is 4.82. The summed E-state index contributed by atoms with van der Waals surface area (Å²) in [5.41, 5.74) is 0. The Hall–Kier alpha value is 0.740. The molecular formula is C16H31Na. The van der Waals surface area contributed by atoms with Crippen molar-refractivity contribution < 1.29 is 29.6 Å². The van der Waals surface area contributed by atoms with Gasteiger partial charge in [0.05, 0.1) is 0 Å². The molecule has 0 aromatic carbocycles. The molecule has 0 saturated carbocycles. The molecule has 0 aromatic heterocycles. The van der Waals surface area contributed by atoms with Gasteiger partial charge >= 0.3 is 29.6 Å². The Kier molecular flexibility index (Phi) is 22.5. The number of hydrogen-bond donors (Lipinski definition) is 0. The molecule has 1 heteroatoms. The van der Waals surface area contributed by atoms with Crippen LogP contribution < -0.4 is 29.6 Å². The first-order valence-corrected chi connectivity index (χ1v) is 7.32. The number of unbranched alkanes of at least 4 members (excludes halogenated alkanes) is 12. The second kappa shape index (κ2) is 19.1. The van der Waals surface area contributed by atoms with Gasteiger partial charge in [0.2, 0.25) is 0 Å². The van der Waals surface area contributed by atoms with E-state index in [1.807, 2.05) is 6.08 Å². The van der Waals surface area contributed by atoms with Gasteiger partial charge in [-0.1, -0.05) is 70.3 Å². The molecule has 17 heavy (non-hydrogen) atoms. The third kappa shape index (κ3) is 19.3. The fourth-order valence-corrected chi connectivity index (χ4v) is 2.06. The van der Waals surface area contributed by atoms with Crippen LogP contribution in [0.5, 0.6) is 0 Å². The molecular weight excluding hydrogens is 215 g/mol. The van der Waals surface area contributed by atoms with Gasteiger partial charge in [0.1, 0.15) is 0 Å². The van der Waals surface area contributed by atoms with Gasteiger partial charge in [0, 0.05) is 0 Å². The Balaban J connectivity index is 0. The first-order valence-electron chi connectivity index (χ1n) is 7.32. The zero-order valence-corrected chi connectivity index (χ0v) is 14.2. The van der Waals surface area contributed by atoms with E-state index in [1.165, 1.54) is 77.0 Å². The summed E-state index contributed by atoms with van der Waals surface area (Å²) in [6.45, 7) is 7.61. The summed E-state index contributed by atoms with van der Waals surface area (Å²) in [6.07, 6.45) is 19.9. The van der Waals surface area contributed by atoms with E-state index in [4.69, 9.17) is 0 Å². The molecule has 0 rings (SSSR count). The van der Waals surface area contributed by atoms with Gasteiger partial charge in [-0.3, -0.25) is 0 Å². The van der Waals surface area contributed by atoms with Crippen LogP contribution in [0.4, 0.5) is 0 Å². The maximum absolute atomic E-state index is 3.87. The monoisotopic (exact) mass is 246 g/mol. The van der Waals surface area contributed by atoms with E-state index in [0.717, 1.165) is 6.42 Å². The molecule has 0 aliphatic heterocycles. The van der Waals surface area contributed by atoms with E-state index in [0.29, 0.717) is 0 Å². The zero-order chi connectivity index (χ0) is 11.9. The molecule has 0 N–H and O–H groups in total. The van der Waals surface area contributed by atoms with Gasteiger partial charge in [-0.2, -0.15) is 6.42 Å². The molecule has 0 bridgehead atoms. The van der Waals surface area contributed by atoms with Crippen molar-refractivity contribution in [3.8, 4) is 0 Å². The Morgan fingerprint density at radius 1 is 0.647 bits per heavy atom. The van der Waals surface area contributed by atoms with Crippen molar-refractivity contribution in [1.29, 1.82) is 0 Å². The predicted molar refractivity (Wildman–Crippen MR) is 75.6 cm³/mol. The average Bonchev–Trinajstić information content (AvgIpc) is 2.31. The molecule has 0 amide bonds. The van der Waals surface area contributed by atoms with E-state index in [2.05, 4.69) is 13.5 Å². The quantitative estimate of drug-likeness (QED) is 0.203. The summed E-state index contributed by atoms with van der Waals surface area (Å²) >= 11 is 0. The van der Waals surface area contributed by atoms with Gasteiger partial charge in [0.25, 0.3) is 0 Å². The van der Waals surface area contributed by atoms with E-state index in [-0.39, 0.29) is 29.6 Å². The van der Waals surface area contributed by atoms with Crippen LogP contribution in [-0.2, 0) is 0 Å². The van der Waals surface area contributed by atoms with E-state index in [1.54, 1.807) is 0 Å². The Bertz CT molecular complexity index is 131. The number of hydrogen-bond acceptors (Lipinski definition) is 0. The summed E-state index contributed by atoms with van der Waals surface area (Å²) < 4.78 is 0. The molecule has 0 radical (unpaired) electrons. The van der Waals surface area contributed by atoms with Crippen LogP contribution in [0.25, 0.3) is 0 Å². The summed E-state index contributed by atoms with van der Waals surface area (Å²) in [5, 5.41) is 0. The molecule has 0 aliphatic carbocycles. The standard InChI is InChI=1S/C16H31.Na/c1-3-5-7-9-11-13-15-16-14-12-10-8-6-4-2;/h3H,1-2,4-16H2;/q-1;+1. The first-order chi connectivity index (χ1) is 7.91. The zero-order valence-electron chi connectivity index (χ0n) is 12.2. The van der Waals surface area contributed by atoms with Crippen LogP contribution in [0.1, 0.15) is 83.5 Å². The molecule has 0 aliphatic rings. The Morgan fingerprint density at radius 3 is 1.35 bits per heavy atom. The topological polar surface area (TPSA) is 0 Å². The van der Waals surface area contributed by atoms with Crippen LogP contribution in [0.3, 0.4) is 0 Å². The summed E-state index contributed by atoms with van der Waals surface area (Å²) in [6, 6.07) is 0. The molecule has 0 atom stereocenters. The van der Waals surface area contributed by atoms with Crippen LogP contribution >= 0.6 is 0 Å². The van der Waals surface area contributed by atoms with Crippen LogP contribution in [0, 0.1) is 6.92 Å². The van der Waals surface area contributed by atoms with Crippen LogP contribution in [0.15, 0.2) is 12.7 Å². The largest absolute Gasteiger partial charge is 1.00 e. The van der Waals surface area contributed by atoms with Gasteiger partial charge in [-0.15, -0.1) is 6.58 Å². The predicted octanol–water partition coefficient (Wildman–Crippen LogP) is 3.08. The molecule has 0 fully saturated rings. The van der Waals surface area contributed by atoms with Crippen molar-refractivity contribution >= 4 is 0 Å². The normalized spacial score (nSPS) is 9.94.